The molecule has 0 aliphatic heterocycles. The summed E-state index contributed by atoms with van der Waals surface area (Å²) >= 11 is 0. The average molecular weight is 256 g/mol. The van der Waals surface area contributed by atoms with Crippen molar-refractivity contribution < 1.29 is 4.79 Å². The third kappa shape index (κ3) is 3.10. The van der Waals surface area contributed by atoms with Crippen LogP contribution in [0, 0.1) is 17.2 Å². The molecule has 0 radical (unpaired) electrons. The molecule has 1 heterocycles. The summed E-state index contributed by atoms with van der Waals surface area (Å²) in [5, 5.41) is 11.8. The number of nitrogens with zero attached hydrogens (tertiary/aromatic N) is 2. The zero-order chi connectivity index (χ0) is 13.8. The van der Waals surface area contributed by atoms with Crippen LogP contribution in [0.1, 0.15) is 30.6 Å². The van der Waals surface area contributed by atoms with Crippen molar-refractivity contribution >= 4 is 16.9 Å². The molecule has 0 saturated heterocycles. The van der Waals surface area contributed by atoms with Gasteiger partial charge in [-0.1, -0.05) is 13.8 Å². The largest absolute Gasteiger partial charge is 0.345 e. The van der Waals surface area contributed by atoms with E-state index >= 15 is 0 Å². The summed E-state index contributed by atoms with van der Waals surface area (Å²) in [4.78, 5) is 19.1. The molecule has 0 aliphatic carbocycles. The van der Waals surface area contributed by atoms with Crippen LogP contribution >= 0.6 is 0 Å². The highest BCUT2D eigenvalue weighted by Gasteiger charge is 2.14. The molecule has 1 aromatic heterocycles. The van der Waals surface area contributed by atoms with Gasteiger partial charge in [0.25, 0.3) is 5.91 Å². The molecule has 19 heavy (non-hydrogen) atoms. The van der Waals surface area contributed by atoms with Gasteiger partial charge >= 0.3 is 0 Å². The van der Waals surface area contributed by atoms with Crippen molar-refractivity contribution in [1.29, 1.82) is 5.26 Å². The number of aromatic nitrogens is 2. The van der Waals surface area contributed by atoms with E-state index in [9.17, 15) is 4.79 Å². The first-order valence-electron chi connectivity index (χ1n) is 6.23. The van der Waals surface area contributed by atoms with Gasteiger partial charge in [0.05, 0.1) is 23.4 Å². The van der Waals surface area contributed by atoms with Gasteiger partial charge in [0, 0.05) is 5.56 Å². The van der Waals surface area contributed by atoms with Crippen LogP contribution < -0.4 is 5.32 Å². The maximum absolute atomic E-state index is 12.1. The minimum absolute atomic E-state index is 0.233. The topological polar surface area (TPSA) is 81.6 Å². The van der Waals surface area contributed by atoms with E-state index in [1.165, 1.54) is 0 Å². The van der Waals surface area contributed by atoms with Crippen molar-refractivity contribution in [3.63, 3.8) is 0 Å². The summed E-state index contributed by atoms with van der Waals surface area (Å²) in [6, 6.07) is 6.89. The van der Waals surface area contributed by atoms with Crippen molar-refractivity contribution in [3.05, 3.63) is 30.1 Å². The Morgan fingerprint density at radius 3 is 3.00 bits per heavy atom. The summed E-state index contributed by atoms with van der Waals surface area (Å²) in [5.41, 5.74) is 2.15. The number of H-pyrrole nitrogens is 1. The SMILES string of the molecule is CC(C)CC(C#N)NC(=O)c1ccc2nc[nH]c2c1. The van der Waals surface area contributed by atoms with E-state index in [2.05, 4.69) is 21.4 Å². The average Bonchev–Trinajstić information content (AvgIpc) is 2.84. The number of fused-ring (bicyclic) bond motifs is 1. The van der Waals surface area contributed by atoms with Gasteiger partial charge in [0.15, 0.2) is 0 Å². The first-order valence-corrected chi connectivity index (χ1v) is 6.23. The number of nitriles is 1. The van der Waals surface area contributed by atoms with Gasteiger partial charge in [-0.3, -0.25) is 4.79 Å². The van der Waals surface area contributed by atoms with Crippen LogP contribution in [-0.4, -0.2) is 21.9 Å². The predicted octanol–water partition coefficient (Wildman–Crippen LogP) is 2.23. The zero-order valence-corrected chi connectivity index (χ0v) is 11.0. The lowest BCUT2D eigenvalue weighted by atomic mass is 10.0. The number of benzene rings is 1. The van der Waals surface area contributed by atoms with Gasteiger partial charge in [-0.2, -0.15) is 5.26 Å². The third-order valence-electron chi connectivity index (χ3n) is 2.85. The Morgan fingerprint density at radius 2 is 2.32 bits per heavy atom. The molecule has 5 nitrogen and oxygen atoms in total. The van der Waals surface area contributed by atoms with Crippen LogP contribution in [0.25, 0.3) is 11.0 Å². The standard InChI is InChI=1S/C14H16N4O/c1-9(2)5-11(7-15)18-14(19)10-3-4-12-13(6-10)17-8-16-12/h3-4,6,8-9,11H,5H2,1-2H3,(H,16,17)(H,18,19). The Balaban J connectivity index is 2.12. The predicted molar refractivity (Wildman–Crippen MR) is 72.4 cm³/mol. The third-order valence-corrected chi connectivity index (χ3v) is 2.85. The fourth-order valence-electron chi connectivity index (χ4n) is 1.93. The maximum Gasteiger partial charge on any atom is 0.252 e. The fraction of sp³-hybridized carbons (Fsp3) is 0.357. The number of hydrogen-bond donors (Lipinski definition) is 2. The molecule has 0 aliphatic rings. The first-order chi connectivity index (χ1) is 9.10. The number of carbonyl (C=O) groups excluding carboxylic acids is 1. The maximum atomic E-state index is 12.1. The molecule has 1 unspecified atom stereocenters. The second-order valence-electron chi connectivity index (χ2n) is 4.92. The van der Waals surface area contributed by atoms with Crippen molar-refractivity contribution in [3.8, 4) is 6.07 Å². The Bertz CT molecular complexity index is 624. The van der Waals surface area contributed by atoms with Gasteiger partial charge in [-0.15, -0.1) is 0 Å². The number of amides is 1. The summed E-state index contributed by atoms with van der Waals surface area (Å²) in [7, 11) is 0. The van der Waals surface area contributed by atoms with Gasteiger partial charge in [0.1, 0.15) is 6.04 Å². The molecule has 0 fully saturated rings. The van der Waals surface area contributed by atoms with Crippen LogP contribution in [0.2, 0.25) is 0 Å². The summed E-state index contributed by atoms with van der Waals surface area (Å²) in [6.45, 7) is 4.04. The van der Waals surface area contributed by atoms with E-state index in [1.54, 1.807) is 24.5 Å². The quantitative estimate of drug-likeness (QED) is 0.880. The van der Waals surface area contributed by atoms with Crippen molar-refractivity contribution in [1.82, 2.24) is 15.3 Å². The molecular weight excluding hydrogens is 240 g/mol. The zero-order valence-electron chi connectivity index (χ0n) is 11.0. The Morgan fingerprint density at radius 1 is 1.53 bits per heavy atom. The smallest absolute Gasteiger partial charge is 0.252 e. The van der Waals surface area contributed by atoms with E-state index in [4.69, 9.17) is 5.26 Å². The Kier molecular flexibility index (Phi) is 3.81. The molecular formula is C14H16N4O. The molecule has 0 spiro atoms. The van der Waals surface area contributed by atoms with E-state index in [0.29, 0.717) is 17.9 Å². The number of hydrogen-bond acceptors (Lipinski definition) is 3. The molecule has 98 valence electrons. The van der Waals surface area contributed by atoms with Crippen molar-refractivity contribution in [2.24, 2.45) is 5.92 Å². The van der Waals surface area contributed by atoms with Crippen LogP contribution in [0.15, 0.2) is 24.5 Å². The van der Waals surface area contributed by atoms with Crippen LogP contribution in [0.3, 0.4) is 0 Å². The van der Waals surface area contributed by atoms with Gasteiger partial charge < -0.3 is 10.3 Å². The van der Waals surface area contributed by atoms with E-state index < -0.39 is 6.04 Å². The molecule has 2 rings (SSSR count). The van der Waals surface area contributed by atoms with Gasteiger partial charge in [-0.25, -0.2) is 4.98 Å². The monoisotopic (exact) mass is 256 g/mol. The number of carbonyl (C=O) groups is 1. The Hall–Kier alpha value is -2.35. The number of rotatable bonds is 4. The highest BCUT2D eigenvalue weighted by atomic mass is 16.1. The number of aromatic amines is 1. The van der Waals surface area contributed by atoms with Crippen molar-refractivity contribution in [2.45, 2.75) is 26.3 Å². The lowest BCUT2D eigenvalue weighted by molar-refractivity contribution is 0.0942. The molecule has 1 amide bonds. The molecule has 1 atom stereocenters. The molecule has 0 bridgehead atoms. The van der Waals surface area contributed by atoms with Crippen LogP contribution in [0.4, 0.5) is 0 Å². The molecule has 2 aromatic rings. The van der Waals surface area contributed by atoms with Gasteiger partial charge in [0.2, 0.25) is 0 Å². The number of nitrogens with one attached hydrogen (secondary N) is 2. The fourth-order valence-corrected chi connectivity index (χ4v) is 1.93. The second-order valence-corrected chi connectivity index (χ2v) is 4.92. The minimum atomic E-state index is -0.454. The summed E-state index contributed by atoms with van der Waals surface area (Å²) in [6.07, 6.45) is 2.23. The van der Waals surface area contributed by atoms with E-state index in [-0.39, 0.29) is 5.91 Å². The summed E-state index contributed by atoms with van der Waals surface area (Å²) in [5.74, 6) is 0.128. The lowest BCUT2D eigenvalue weighted by Crippen LogP contribution is -2.34. The molecule has 1 aromatic carbocycles. The first kappa shape index (κ1) is 13.1. The van der Waals surface area contributed by atoms with Gasteiger partial charge in [-0.05, 0) is 30.5 Å². The van der Waals surface area contributed by atoms with E-state index in [0.717, 1.165) is 11.0 Å². The molecule has 0 saturated carbocycles. The van der Waals surface area contributed by atoms with Crippen LogP contribution in [0.5, 0.6) is 0 Å². The normalized spacial score (nSPS) is 12.3. The summed E-state index contributed by atoms with van der Waals surface area (Å²) < 4.78 is 0. The molecule has 5 heteroatoms. The second kappa shape index (κ2) is 5.53. The van der Waals surface area contributed by atoms with Crippen LogP contribution in [-0.2, 0) is 0 Å². The highest BCUT2D eigenvalue weighted by molar-refractivity contribution is 5.97. The number of imidazole rings is 1. The Labute approximate surface area is 111 Å². The lowest BCUT2D eigenvalue weighted by Gasteiger charge is -2.13. The molecule has 2 N–H and O–H groups in total. The minimum Gasteiger partial charge on any atom is -0.345 e. The van der Waals surface area contributed by atoms with E-state index in [1.807, 2.05) is 13.8 Å². The highest BCUT2D eigenvalue weighted by Crippen LogP contribution is 2.12. The van der Waals surface area contributed by atoms with Crippen molar-refractivity contribution in [2.75, 3.05) is 0 Å².